The number of nitrogens with one attached hydrogen (secondary N) is 1. The van der Waals surface area contributed by atoms with E-state index in [9.17, 15) is 18.0 Å². The van der Waals surface area contributed by atoms with Gasteiger partial charge in [-0.15, -0.1) is 0 Å². The molecule has 0 bridgehead atoms. The molecule has 4 nitrogen and oxygen atoms in total. The quantitative estimate of drug-likeness (QED) is 0.380. The van der Waals surface area contributed by atoms with Crippen molar-refractivity contribution in [2.75, 3.05) is 0 Å². The molecule has 3 N–H and O–H groups in total. The number of ether oxygens (including phenoxy) is 1. The Morgan fingerprint density at radius 1 is 1.41 bits per heavy atom. The van der Waals surface area contributed by atoms with Gasteiger partial charge in [-0.05, 0) is 34.1 Å². The molecule has 92 valence electrons. The summed E-state index contributed by atoms with van der Waals surface area (Å²) >= 11 is 2.91. The first kappa shape index (κ1) is 13.5. The van der Waals surface area contributed by atoms with Crippen LogP contribution in [-0.2, 0) is 4.79 Å². The lowest BCUT2D eigenvalue weighted by Crippen LogP contribution is -2.28. The Kier molecular flexibility index (Phi) is 3.76. The summed E-state index contributed by atoms with van der Waals surface area (Å²) in [6.45, 7) is 0. The van der Waals surface area contributed by atoms with Crippen LogP contribution in [0.4, 0.5) is 13.2 Å². The predicted molar refractivity (Wildman–Crippen MR) is 56.8 cm³/mol. The molecule has 0 radical (unpaired) electrons. The number of hydrogen-bond acceptors (Lipinski definition) is 3. The topological polar surface area (TPSA) is 76.2 Å². The predicted octanol–water partition coefficient (Wildman–Crippen LogP) is 2.20. The van der Waals surface area contributed by atoms with E-state index in [1.807, 2.05) is 0 Å². The molecule has 17 heavy (non-hydrogen) atoms. The molecule has 0 unspecified atom stereocenters. The maximum absolute atomic E-state index is 11.9. The molecule has 0 heterocycles. The van der Waals surface area contributed by atoms with Gasteiger partial charge in [0.05, 0.1) is 4.47 Å². The Balaban J connectivity index is 2.95. The first-order valence-corrected chi connectivity index (χ1v) is 4.94. The van der Waals surface area contributed by atoms with Crippen LogP contribution in [0.2, 0.25) is 0 Å². The largest absolute Gasteiger partial charge is 0.491 e. The maximum atomic E-state index is 11.9. The van der Waals surface area contributed by atoms with E-state index in [0.29, 0.717) is 5.56 Å². The lowest BCUT2D eigenvalue weighted by atomic mass is 10.2. The molecule has 1 aromatic rings. The Morgan fingerprint density at radius 2 is 2.00 bits per heavy atom. The zero-order chi connectivity index (χ0) is 13.2. The van der Waals surface area contributed by atoms with Crippen LogP contribution in [0, 0.1) is 5.41 Å². The maximum Gasteiger partial charge on any atom is 0.491 e. The van der Waals surface area contributed by atoms with Gasteiger partial charge in [0.15, 0.2) is 0 Å². The zero-order valence-electron chi connectivity index (χ0n) is 8.14. The highest BCUT2D eigenvalue weighted by Crippen LogP contribution is 2.28. The Bertz CT molecular complexity index is 474. The number of alkyl halides is 3. The number of carbonyl (C=O) groups excluding carboxylic acids is 1. The molecule has 0 fully saturated rings. The molecular formula is C9H6BrF3N2O2. The monoisotopic (exact) mass is 310 g/mol. The fraction of sp³-hybridized carbons (Fsp3) is 0.111. The third kappa shape index (κ3) is 3.45. The Hall–Kier alpha value is -1.57. The second-order valence-corrected chi connectivity index (χ2v) is 3.80. The SMILES string of the molecule is N=C(N)c1ccc(OC(=O)C(F)(F)F)c(Br)c1. The highest BCUT2D eigenvalue weighted by molar-refractivity contribution is 9.10. The number of carbonyl (C=O) groups is 1. The van der Waals surface area contributed by atoms with Crippen molar-refractivity contribution in [1.29, 1.82) is 5.41 Å². The average molecular weight is 311 g/mol. The number of rotatable bonds is 2. The molecule has 0 saturated heterocycles. The lowest BCUT2D eigenvalue weighted by Gasteiger charge is -2.09. The van der Waals surface area contributed by atoms with Crippen molar-refractivity contribution in [2.45, 2.75) is 6.18 Å². The molecule has 0 saturated carbocycles. The number of benzene rings is 1. The second-order valence-electron chi connectivity index (χ2n) is 2.95. The first-order valence-electron chi connectivity index (χ1n) is 4.15. The van der Waals surface area contributed by atoms with Crippen molar-refractivity contribution in [1.82, 2.24) is 0 Å². The highest BCUT2D eigenvalue weighted by Gasteiger charge is 2.41. The van der Waals surface area contributed by atoms with E-state index in [1.165, 1.54) is 12.1 Å². The number of halogens is 4. The second kappa shape index (κ2) is 4.74. The normalized spacial score (nSPS) is 11.1. The standard InChI is InChI=1S/C9H6BrF3N2O2/c10-5-3-4(7(14)15)1-2-6(5)17-8(16)9(11,12)13/h1-3H,(H3,14,15). The smallest absolute Gasteiger partial charge is 0.419 e. The Morgan fingerprint density at radius 3 is 2.41 bits per heavy atom. The molecule has 0 aliphatic heterocycles. The molecule has 8 heteroatoms. The summed E-state index contributed by atoms with van der Waals surface area (Å²) in [7, 11) is 0. The molecule has 0 aliphatic rings. The minimum absolute atomic E-state index is 0.0998. The number of nitrogens with two attached hydrogens (primary N) is 1. The van der Waals surface area contributed by atoms with Crippen LogP contribution in [0.1, 0.15) is 5.56 Å². The van der Waals surface area contributed by atoms with E-state index >= 15 is 0 Å². The third-order valence-electron chi connectivity index (χ3n) is 1.68. The van der Waals surface area contributed by atoms with Crippen molar-refractivity contribution < 1.29 is 22.7 Å². The van der Waals surface area contributed by atoms with E-state index in [1.54, 1.807) is 0 Å². The van der Waals surface area contributed by atoms with Gasteiger partial charge < -0.3 is 10.5 Å². The molecule has 0 aliphatic carbocycles. The van der Waals surface area contributed by atoms with Gasteiger partial charge >= 0.3 is 12.1 Å². The summed E-state index contributed by atoms with van der Waals surface area (Å²) in [6, 6.07) is 3.66. The van der Waals surface area contributed by atoms with Gasteiger partial charge in [-0.1, -0.05) is 0 Å². The van der Waals surface area contributed by atoms with E-state index in [-0.39, 0.29) is 16.1 Å². The minimum Gasteiger partial charge on any atom is -0.419 e. The molecule has 1 aromatic carbocycles. The molecular weight excluding hydrogens is 305 g/mol. The summed E-state index contributed by atoms with van der Waals surface area (Å²) in [6.07, 6.45) is -5.06. The summed E-state index contributed by atoms with van der Waals surface area (Å²) < 4.78 is 40.0. The van der Waals surface area contributed by atoms with Gasteiger partial charge in [0, 0.05) is 5.56 Å². The number of amidine groups is 1. The van der Waals surface area contributed by atoms with Crippen LogP contribution in [0.25, 0.3) is 0 Å². The van der Waals surface area contributed by atoms with Gasteiger partial charge in [-0.3, -0.25) is 5.41 Å². The number of hydrogen-bond donors (Lipinski definition) is 2. The van der Waals surface area contributed by atoms with Gasteiger partial charge in [0.1, 0.15) is 11.6 Å². The van der Waals surface area contributed by atoms with Crippen molar-refractivity contribution >= 4 is 27.7 Å². The van der Waals surface area contributed by atoms with Crippen molar-refractivity contribution in [3.05, 3.63) is 28.2 Å². The van der Waals surface area contributed by atoms with Gasteiger partial charge in [-0.2, -0.15) is 13.2 Å². The summed E-state index contributed by atoms with van der Waals surface area (Å²) in [5, 5.41) is 7.11. The van der Waals surface area contributed by atoms with Gasteiger partial charge in [0.25, 0.3) is 0 Å². The van der Waals surface area contributed by atoms with E-state index in [2.05, 4.69) is 20.7 Å². The summed E-state index contributed by atoms with van der Waals surface area (Å²) in [5.41, 5.74) is 5.47. The van der Waals surface area contributed by atoms with Crippen LogP contribution < -0.4 is 10.5 Å². The van der Waals surface area contributed by atoms with Crippen LogP contribution in [-0.4, -0.2) is 18.0 Å². The van der Waals surface area contributed by atoms with E-state index in [0.717, 1.165) is 6.07 Å². The fourth-order valence-corrected chi connectivity index (χ4v) is 1.37. The van der Waals surface area contributed by atoms with E-state index in [4.69, 9.17) is 11.1 Å². The highest BCUT2D eigenvalue weighted by atomic mass is 79.9. The van der Waals surface area contributed by atoms with Crippen molar-refractivity contribution in [3.8, 4) is 5.75 Å². The van der Waals surface area contributed by atoms with E-state index < -0.39 is 12.1 Å². The van der Waals surface area contributed by atoms with Crippen LogP contribution >= 0.6 is 15.9 Å². The van der Waals surface area contributed by atoms with Crippen molar-refractivity contribution in [2.24, 2.45) is 5.73 Å². The van der Waals surface area contributed by atoms with Crippen molar-refractivity contribution in [3.63, 3.8) is 0 Å². The molecule has 0 spiro atoms. The molecule has 0 aromatic heterocycles. The van der Waals surface area contributed by atoms with Gasteiger partial charge in [-0.25, -0.2) is 4.79 Å². The third-order valence-corrected chi connectivity index (χ3v) is 2.30. The molecule has 1 rings (SSSR count). The average Bonchev–Trinajstić information content (AvgIpc) is 2.19. The van der Waals surface area contributed by atoms with Crippen LogP contribution in [0.3, 0.4) is 0 Å². The van der Waals surface area contributed by atoms with Crippen LogP contribution in [0.15, 0.2) is 22.7 Å². The number of esters is 1. The fourth-order valence-electron chi connectivity index (χ4n) is 0.909. The molecule has 0 amide bonds. The Labute approximate surface area is 102 Å². The minimum atomic E-state index is -5.06. The van der Waals surface area contributed by atoms with Gasteiger partial charge in [0.2, 0.25) is 0 Å². The summed E-state index contributed by atoms with van der Waals surface area (Å²) in [5.74, 6) is -2.86. The molecule has 0 atom stereocenters. The van der Waals surface area contributed by atoms with Crippen LogP contribution in [0.5, 0.6) is 5.75 Å². The summed E-state index contributed by atoms with van der Waals surface area (Å²) in [4.78, 5) is 10.6. The lowest BCUT2D eigenvalue weighted by molar-refractivity contribution is -0.189. The number of nitrogen functional groups attached to an aromatic ring is 1. The first-order chi connectivity index (χ1) is 7.71. The zero-order valence-corrected chi connectivity index (χ0v) is 9.72.